The van der Waals surface area contributed by atoms with Crippen molar-refractivity contribution in [1.82, 2.24) is 10.2 Å². The lowest BCUT2D eigenvalue weighted by Gasteiger charge is -2.36. The Kier molecular flexibility index (Phi) is 5.93. The van der Waals surface area contributed by atoms with Gasteiger partial charge in [0.15, 0.2) is 0 Å². The standard InChI is InChI=1S/C15H30N2O/c1-3-18-15-8-10-17(11-9-15)13(2)12-16-14-6-4-5-7-14/h13-16H,3-12H2,1-2H3. The molecule has 2 fully saturated rings. The van der Waals surface area contributed by atoms with Crippen LogP contribution in [0.25, 0.3) is 0 Å². The number of rotatable bonds is 6. The molecule has 18 heavy (non-hydrogen) atoms. The molecule has 0 aromatic carbocycles. The van der Waals surface area contributed by atoms with Gasteiger partial charge in [-0.15, -0.1) is 0 Å². The Morgan fingerprint density at radius 3 is 2.44 bits per heavy atom. The Morgan fingerprint density at radius 1 is 1.17 bits per heavy atom. The van der Waals surface area contributed by atoms with E-state index in [1.165, 1.54) is 51.6 Å². The second kappa shape index (κ2) is 7.46. The van der Waals surface area contributed by atoms with Gasteiger partial charge in [-0.25, -0.2) is 0 Å². The van der Waals surface area contributed by atoms with Gasteiger partial charge in [0.05, 0.1) is 6.10 Å². The van der Waals surface area contributed by atoms with Gasteiger partial charge >= 0.3 is 0 Å². The van der Waals surface area contributed by atoms with E-state index in [0.717, 1.165) is 19.2 Å². The van der Waals surface area contributed by atoms with Crippen LogP contribution >= 0.6 is 0 Å². The van der Waals surface area contributed by atoms with Crippen LogP contribution in [0.4, 0.5) is 0 Å². The maximum atomic E-state index is 5.71. The second-order valence-corrected chi connectivity index (χ2v) is 5.93. The third-order valence-electron chi connectivity index (χ3n) is 4.56. The van der Waals surface area contributed by atoms with Crippen molar-refractivity contribution in [1.29, 1.82) is 0 Å². The SMILES string of the molecule is CCOC1CCN(C(C)CNC2CCCC2)CC1. The monoisotopic (exact) mass is 254 g/mol. The summed E-state index contributed by atoms with van der Waals surface area (Å²) in [6.07, 6.45) is 8.56. The van der Waals surface area contributed by atoms with Crippen LogP contribution in [0.15, 0.2) is 0 Å². The molecular weight excluding hydrogens is 224 g/mol. The molecule has 3 nitrogen and oxygen atoms in total. The fourth-order valence-electron chi connectivity index (χ4n) is 3.32. The van der Waals surface area contributed by atoms with Crippen molar-refractivity contribution in [2.75, 3.05) is 26.2 Å². The molecule has 1 unspecified atom stereocenters. The summed E-state index contributed by atoms with van der Waals surface area (Å²) in [6, 6.07) is 1.47. The van der Waals surface area contributed by atoms with E-state index in [9.17, 15) is 0 Å². The molecule has 2 rings (SSSR count). The molecule has 0 spiro atoms. The molecule has 3 heteroatoms. The molecule has 1 N–H and O–H groups in total. The first kappa shape index (κ1) is 14.3. The molecule has 1 heterocycles. The number of hydrogen-bond donors (Lipinski definition) is 1. The van der Waals surface area contributed by atoms with Gasteiger partial charge in [0, 0.05) is 38.3 Å². The van der Waals surface area contributed by atoms with Crippen molar-refractivity contribution in [2.24, 2.45) is 0 Å². The molecule has 0 aromatic rings. The lowest BCUT2D eigenvalue weighted by Crippen LogP contribution is -2.47. The Balaban J connectivity index is 1.62. The van der Waals surface area contributed by atoms with Crippen molar-refractivity contribution in [2.45, 2.75) is 70.6 Å². The molecule has 0 bridgehead atoms. The number of hydrogen-bond acceptors (Lipinski definition) is 3. The van der Waals surface area contributed by atoms with Crippen LogP contribution in [0, 0.1) is 0 Å². The molecule has 0 amide bonds. The van der Waals surface area contributed by atoms with Gasteiger partial charge in [-0.05, 0) is 39.5 Å². The van der Waals surface area contributed by atoms with Crippen LogP contribution in [0.2, 0.25) is 0 Å². The van der Waals surface area contributed by atoms with Crippen molar-refractivity contribution >= 4 is 0 Å². The largest absolute Gasteiger partial charge is 0.378 e. The highest BCUT2D eigenvalue weighted by atomic mass is 16.5. The van der Waals surface area contributed by atoms with E-state index in [4.69, 9.17) is 4.74 Å². The van der Waals surface area contributed by atoms with Crippen LogP contribution in [-0.2, 0) is 4.74 Å². The minimum absolute atomic E-state index is 0.515. The fourth-order valence-corrected chi connectivity index (χ4v) is 3.32. The number of likely N-dealkylation sites (tertiary alicyclic amines) is 1. The number of nitrogens with one attached hydrogen (secondary N) is 1. The minimum Gasteiger partial charge on any atom is -0.378 e. The topological polar surface area (TPSA) is 24.5 Å². The minimum atomic E-state index is 0.515. The quantitative estimate of drug-likeness (QED) is 0.788. The van der Waals surface area contributed by atoms with Crippen LogP contribution in [-0.4, -0.2) is 49.3 Å². The highest BCUT2D eigenvalue weighted by molar-refractivity contribution is 4.80. The Morgan fingerprint density at radius 2 is 1.83 bits per heavy atom. The van der Waals surface area contributed by atoms with E-state index >= 15 is 0 Å². The average molecular weight is 254 g/mol. The van der Waals surface area contributed by atoms with Crippen molar-refractivity contribution in [3.8, 4) is 0 Å². The number of piperidine rings is 1. The molecule has 1 saturated heterocycles. The third-order valence-corrected chi connectivity index (χ3v) is 4.56. The molecule has 1 aliphatic carbocycles. The predicted molar refractivity (Wildman–Crippen MR) is 75.9 cm³/mol. The summed E-state index contributed by atoms with van der Waals surface area (Å²) in [5, 5.41) is 3.74. The van der Waals surface area contributed by atoms with Crippen LogP contribution in [0.1, 0.15) is 52.4 Å². The smallest absolute Gasteiger partial charge is 0.0599 e. The van der Waals surface area contributed by atoms with Gasteiger partial charge in [0.1, 0.15) is 0 Å². The molecular formula is C15H30N2O. The zero-order valence-corrected chi connectivity index (χ0v) is 12.2. The van der Waals surface area contributed by atoms with E-state index in [0.29, 0.717) is 12.1 Å². The van der Waals surface area contributed by atoms with E-state index < -0.39 is 0 Å². The Labute approximate surface area is 112 Å². The molecule has 0 aromatic heterocycles. The maximum Gasteiger partial charge on any atom is 0.0599 e. The highest BCUT2D eigenvalue weighted by Gasteiger charge is 2.23. The first-order chi connectivity index (χ1) is 8.79. The third kappa shape index (κ3) is 4.22. The van der Waals surface area contributed by atoms with Crippen molar-refractivity contribution in [3.05, 3.63) is 0 Å². The fraction of sp³-hybridized carbons (Fsp3) is 1.00. The number of nitrogens with zero attached hydrogens (tertiary/aromatic N) is 1. The van der Waals surface area contributed by atoms with E-state index in [1.807, 2.05) is 0 Å². The highest BCUT2D eigenvalue weighted by Crippen LogP contribution is 2.19. The summed E-state index contributed by atoms with van der Waals surface area (Å²) < 4.78 is 5.71. The molecule has 1 saturated carbocycles. The summed E-state index contributed by atoms with van der Waals surface area (Å²) >= 11 is 0. The molecule has 0 radical (unpaired) electrons. The zero-order valence-electron chi connectivity index (χ0n) is 12.2. The Hall–Kier alpha value is -0.120. The van der Waals surface area contributed by atoms with Gasteiger partial charge < -0.3 is 10.1 Å². The molecule has 1 aliphatic heterocycles. The first-order valence-corrected chi connectivity index (χ1v) is 7.88. The second-order valence-electron chi connectivity index (χ2n) is 5.93. The predicted octanol–water partition coefficient (Wildman–Crippen LogP) is 2.41. The average Bonchev–Trinajstić information content (AvgIpc) is 2.90. The lowest BCUT2D eigenvalue weighted by atomic mass is 10.1. The summed E-state index contributed by atoms with van der Waals surface area (Å²) in [5.41, 5.74) is 0. The van der Waals surface area contributed by atoms with E-state index in [2.05, 4.69) is 24.1 Å². The summed E-state index contributed by atoms with van der Waals surface area (Å²) in [6.45, 7) is 8.90. The normalized spacial score (nSPS) is 25.7. The van der Waals surface area contributed by atoms with Gasteiger partial charge in [-0.1, -0.05) is 12.8 Å². The summed E-state index contributed by atoms with van der Waals surface area (Å²) in [5.74, 6) is 0. The van der Waals surface area contributed by atoms with E-state index in [-0.39, 0.29) is 0 Å². The van der Waals surface area contributed by atoms with Gasteiger partial charge in [-0.2, -0.15) is 0 Å². The first-order valence-electron chi connectivity index (χ1n) is 7.88. The molecule has 2 aliphatic rings. The van der Waals surface area contributed by atoms with Crippen molar-refractivity contribution in [3.63, 3.8) is 0 Å². The van der Waals surface area contributed by atoms with Gasteiger partial charge in [-0.3, -0.25) is 4.90 Å². The Bertz CT molecular complexity index is 221. The maximum absolute atomic E-state index is 5.71. The lowest BCUT2D eigenvalue weighted by molar-refractivity contribution is 0.00570. The number of ether oxygens (including phenoxy) is 1. The van der Waals surface area contributed by atoms with Crippen LogP contribution in [0.5, 0.6) is 0 Å². The van der Waals surface area contributed by atoms with Crippen molar-refractivity contribution < 1.29 is 4.74 Å². The summed E-state index contributed by atoms with van der Waals surface area (Å²) in [7, 11) is 0. The van der Waals surface area contributed by atoms with Crippen LogP contribution < -0.4 is 5.32 Å². The molecule has 106 valence electrons. The van der Waals surface area contributed by atoms with Gasteiger partial charge in [0.2, 0.25) is 0 Å². The van der Waals surface area contributed by atoms with E-state index in [1.54, 1.807) is 0 Å². The van der Waals surface area contributed by atoms with Gasteiger partial charge in [0.25, 0.3) is 0 Å². The van der Waals surface area contributed by atoms with Crippen LogP contribution in [0.3, 0.4) is 0 Å². The summed E-state index contributed by atoms with van der Waals surface area (Å²) in [4.78, 5) is 2.62. The zero-order chi connectivity index (χ0) is 12.8. The molecule has 1 atom stereocenters.